The molecule has 2 aliphatic heterocycles. The first kappa shape index (κ1) is 20.5. The van der Waals surface area contributed by atoms with E-state index in [2.05, 4.69) is 14.8 Å². The SMILES string of the molecule is COc1ccc(OC)c([C@H]2CCCN2CC(=O)N2CCN(c3ccccn3)CC2)c1. The predicted octanol–water partition coefficient (Wildman–Crippen LogP) is 2.58. The zero-order valence-corrected chi connectivity index (χ0v) is 17.8. The van der Waals surface area contributed by atoms with Gasteiger partial charge in [0, 0.05) is 44.0 Å². The molecule has 1 aromatic carbocycles. The second kappa shape index (κ2) is 9.34. The number of aromatic nitrogens is 1. The van der Waals surface area contributed by atoms with Crippen LogP contribution in [0.4, 0.5) is 5.82 Å². The monoisotopic (exact) mass is 410 g/mol. The molecule has 0 bridgehead atoms. The third kappa shape index (κ3) is 4.36. The van der Waals surface area contributed by atoms with Gasteiger partial charge in [-0.3, -0.25) is 9.69 Å². The number of ether oxygens (including phenoxy) is 2. The van der Waals surface area contributed by atoms with E-state index >= 15 is 0 Å². The number of anilines is 1. The Morgan fingerprint density at radius 1 is 1.07 bits per heavy atom. The normalized spacial score (nSPS) is 19.7. The molecule has 4 rings (SSSR count). The van der Waals surface area contributed by atoms with Crippen molar-refractivity contribution in [1.29, 1.82) is 0 Å². The Labute approximate surface area is 178 Å². The lowest BCUT2D eigenvalue weighted by molar-refractivity contribution is -0.133. The Kier molecular flexibility index (Phi) is 6.38. The molecule has 0 spiro atoms. The fraction of sp³-hybridized carbons (Fsp3) is 0.478. The molecule has 3 heterocycles. The smallest absolute Gasteiger partial charge is 0.236 e. The maximum absolute atomic E-state index is 13.0. The second-order valence-electron chi connectivity index (χ2n) is 7.79. The number of likely N-dealkylation sites (tertiary alicyclic amines) is 1. The summed E-state index contributed by atoms with van der Waals surface area (Å²) >= 11 is 0. The van der Waals surface area contributed by atoms with E-state index in [0.717, 1.165) is 68.4 Å². The van der Waals surface area contributed by atoms with Crippen LogP contribution in [0.2, 0.25) is 0 Å². The lowest BCUT2D eigenvalue weighted by Crippen LogP contribution is -2.51. The molecule has 2 saturated heterocycles. The molecule has 1 amide bonds. The van der Waals surface area contributed by atoms with Crippen LogP contribution in [0, 0.1) is 0 Å². The number of hydrogen-bond acceptors (Lipinski definition) is 6. The first-order valence-corrected chi connectivity index (χ1v) is 10.6. The fourth-order valence-electron chi connectivity index (χ4n) is 4.47. The summed E-state index contributed by atoms with van der Waals surface area (Å²) in [5, 5.41) is 0. The third-order valence-corrected chi connectivity index (χ3v) is 6.10. The molecular formula is C23H30N4O3. The van der Waals surface area contributed by atoms with Crippen molar-refractivity contribution in [3.05, 3.63) is 48.2 Å². The van der Waals surface area contributed by atoms with Gasteiger partial charge >= 0.3 is 0 Å². The second-order valence-corrected chi connectivity index (χ2v) is 7.79. The van der Waals surface area contributed by atoms with E-state index in [-0.39, 0.29) is 11.9 Å². The highest BCUT2D eigenvalue weighted by atomic mass is 16.5. The van der Waals surface area contributed by atoms with Crippen LogP contribution in [0.5, 0.6) is 11.5 Å². The molecule has 2 aromatic rings. The Morgan fingerprint density at radius 2 is 1.90 bits per heavy atom. The van der Waals surface area contributed by atoms with E-state index in [1.54, 1.807) is 14.2 Å². The summed E-state index contributed by atoms with van der Waals surface area (Å²) < 4.78 is 11.0. The lowest BCUT2D eigenvalue weighted by atomic mass is 10.0. The number of nitrogens with zero attached hydrogens (tertiary/aromatic N) is 4. The molecule has 0 unspecified atom stereocenters. The Morgan fingerprint density at radius 3 is 2.60 bits per heavy atom. The van der Waals surface area contributed by atoms with Gasteiger partial charge in [-0.15, -0.1) is 0 Å². The Hall–Kier alpha value is -2.80. The number of rotatable bonds is 6. The number of carbonyl (C=O) groups excluding carboxylic acids is 1. The van der Waals surface area contributed by atoms with Crippen molar-refractivity contribution >= 4 is 11.7 Å². The van der Waals surface area contributed by atoms with Gasteiger partial charge in [-0.2, -0.15) is 0 Å². The minimum absolute atomic E-state index is 0.175. The minimum atomic E-state index is 0.175. The van der Waals surface area contributed by atoms with Crippen molar-refractivity contribution in [2.75, 3.05) is 58.4 Å². The van der Waals surface area contributed by atoms with Gasteiger partial charge in [0.2, 0.25) is 5.91 Å². The number of piperazine rings is 1. The van der Waals surface area contributed by atoms with Gasteiger partial charge in [-0.1, -0.05) is 6.07 Å². The molecule has 0 N–H and O–H groups in total. The van der Waals surface area contributed by atoms with E-state index < -0.39 is 0 Å². The molecule has 1 aromatic heterocycles. The first-order chi connectivity index (χ1) is 14.7. The summed E-state index contributed by atoms with van der Waals surface area (Å²) in [7, 11) is 3.36. The molecule has 0 radical (unpaired) electrons. The van der Waals surface area contributed by atoms with Crippen molar-refractivity contribution < 1.29 is 14.3 Å². The van der Waals surface area contributed by atoms with E-state index in [0.29, 0.717) is 6.54 Å². The molecular weight excluding hydrogens is 380 g/mol. The van der Waals surface area contributed by atoms with Crippen LogP contribution < -0.4 is 14.4 Å². The summed E-state index contributed by atoms with van der Waals surface area (Å²) in [5.74, 6) is 2.84. The molecule has 0 aliphatic carbocycles. The van der Waals surface area contributed by atoms with Crippen LogP contribution in [0.3, 0.4) is 0 Å². The van der Waals surface area contributed by atoms with E-state index in [9.17, 15) is 4.79 Å². The van der Waals surface area contributed by atoms with Crippen molar-refractivity contribution in [2.24, 2.45) is 0 Å². The van der Waals surface area contributed by atoms with Gasteiger partial charge in [0.25, 0.3) is 0 Å². The highest BCUT2D eigenvalue weighted by Gasteiger charge is 2.32. The minimum Gasteiger partial charge on any atom is -0.497 e. The molecule has 7 nitrogen and oxygen atoms in total. The molecule has 2 aliphatic rings. The summed E-state index contributed by atoms with van der Waals surface area (Å²) in [6.45, 7) is 4.46. The number of hydrogen-bond donors (Lipinski definition) is 0. The van der Waals surface area contributed by atoms with Crippen LogP contribution in [0.1, 0.15) is 24.4 Å². The van der Waals surface area contributed by atoms with Gasteiger partial charge in [0.05, 0.1) is 20.8 Å². The molecule has 30 heavy (non-hydrogen) atoms. The number of amides is 1. The quantitative estimate of drug-likeness (QED) is 0.730. The number of benzene rings is 1. The molecule has 1 atom stereocenters. The Bertz CT molecular complexity index is 853. The van der Waals surface area contributed by atoms with Crippen LogP contribution in [-0.4, -0.2) is 74.2 Å². The highest BCUT2D eigenvalue weighted by molar-refractivity contribution is 5.78. The van der Waals surface area contributed by atoms with Gasteiger partial charge in [0.1, 0.15) is 17.3 Å². The predicted molar refractivity (Wildman–Crippen MR) is 116 cm³/mol. The zero-order chi connectivity index (χ0) is 20.9. The molecule has 2 fully saturated rings. The fourth-order valence-corrected chi connectivity index (χ4v) is 4.47. The topological polar surface area (TPSA) is 58.1 Å². The standard InChI is InChI=1S/C23H30N4O3/c1-29-18-8-9-21(30-2)19(16-18)20-6-5-11-27(20)17-23(28)26-14-12-25(13-15-26)22-7-3-4-10-24-22/h3-4,7-10,16,20H,5-6,11-15,17H2,1-2H3/t20-/m1/s1. The zero-order valence-electron chi connectivity index (χ0n) is 17.8. The number of carbonyl (C=O) groups is 1. The Balaban J connectivity index is 1.39. The lowest BCUT2D eigenvalue weighted by Gasteiger charge is -2.36. The maximum atomic E-state index is 13.0. The molecule has 160 valence electrons. The summed E-state index contributed by atoms with van der Waals surface area (Å²) in [6.07, 6.45) is 3.91. The van der Waals surface area contributed by atoms with Gasteiger partial charge < -0.3 is 19.3 Å². The van der Waals surface area contributed by atoms with Crippen LogP contribution >= 0.6 is 0 Å². The maximum Gasteiger partial charge on any atom is 0.236 e. The van der Waals surface area contributed by atoms with Crippen LogP contribution in [0.15, 0.2) is 42.6 Å². The van der Waals surface area contributed by atoms with Gasteiger partial charge in [0.15, 0.2) is 0 Å². The average Bonchev–Trinajstić information content (AvgIpc) is 3.27. The average molecular weight is 411 g/mol. The highest BCUT2D eigenvalue weighted by Crippen LogP contribution is 2.38. The summed E-state index contributed by atoms with van der Waals surface area (Å²) in [6, 6.07) is 12.0. The van der Waals surface area contributed by atoms with Gasteiger partial charge in [-0.25, -0.2) is 4.98 Å². The third-order valence-electron chi connectivity index (χ3n) is 6.10. The first-order valence-electron chi connectivity index (χ1n) is 10.6. The van der Waals surface area contributed by atoms with Crippen molar-refractivity contribution in [3.8, 4) is 11.5 Å². The summed E-state index contributed by atoms with van der Waals surface area (Å²) in [4.78, 5) is 24.0. The van der Waals surface area contributed by atoms with E-state index in [4.69, 9.17) is 9.47 Å². The van der Waals surface area contributed by atoms with Crippen molar-refractivity contribution in [3.63, 3.8) is 0 Å². The van der Waals surface area contributed by atoms with Crippen LogP contribution in [0.25, 0.3) is 0 Å². The van der Waals surface area contributed by atoms with Crippen LogP contribution in [-0.2, 0) is 4.79 Å². The van der Waals surface area contributed by atoms with Gasteiger partial charge in [-0.05, 0) is 49.7 Å². The molecule has 7 heteroatoms. The largest absolute Gasteiger partial charge is 0.497 e. The van der Waals surface area contributed by atoms with Crippen molar-refractivity contribution in [1.82, 2.24) is 14.8 Å². The van der Waals surface area contributed by atoms with Crippen molar-refractivity contribution in [2.45, 2.75) is 18.9 Å². The summed E-state index contributed by atoms with van der Waals surface area (Å²) in [5.41, 5.74) is 1.10. The van der Waals surface area contributed by atoms with E-state index in [1.165, 1.54) is 0 Å². The number of pyridine rings is 1. The van der Waals surface area contributed by atoms with E-state index in [1.807, 2.05) is 47.5 Å². The number of methoxy groups -OCH3 is 2. The molecule has 0 saturated carbocycles.